The Hall–Kier alpha value is -2.12. The minimum atomic E-state index is -1.18. The van der Waals surface area contributed by atoms with Crippen LogP contribution in [-0.4, -0.2) is 44.3 Å². The molecule has 0 heterocycles. The van der Waals surface area contributed by atoms with Crippen LogP contribution in [0.1, 0.15) is 52.4 Å². The molecule has 0 saturated carbocycles. The molecule has 0 aromatic rings. The van der Waals surface area contributed by atoms with Crippen molar-refractivity contribution < 1.29 is 39.6 Å². The molecule has 0 radical (unpaired) electrons. The first-order valence-corrected chi connectivity index (χ1v) is 7.39. The molecule has 0 aliphatic rings. The average molecular weight is 332 g/mol. The Morgan fingerprint density at radius 3 is 1.26 bits per heavy atom. The van der Waals surface area contributed by atoms with E-state index >= 15 is 0 Å². The van der Waals surface area contributed by atoms with Gasteiger partial charge in [-0.15, -0.1) is 0 Å². The molecule has 0 amide bonds. The Morgan fingerprint density at radius 1 is 0.739 bits per heavy atom. The van der Waals surface area contributed by atoms with Gasteiger partial charge in [-0.05, 0) is 31.1 Å². The highest BCUT2D eigenvalue weighted by atomic mass is 16.4. The summed E-state index contributed by atoms with van der Waals surface area (Å²) in [6.07, 6.45) is 0.0102. The lowest BCUT2D eigenvalue weighted by atomic mass is 9.66. The number of aliphatic carboxylic acids is 4. The Kier molecular flexibility index (Phi) is 8.28. The molecule has 23 heavy (non-hydrogen) atoms. The maximum atomic E-state index is 11.5. The molecule has 0 aliphatic heterocycles. The quantitative estimate of drug-likeness (QED) is 0.423. The van der Waals surface area contributed by atoms with Crippen molar-refractivity contribution in [1.82, 2.24) is 0 Å². The van der Waals surface area contributed by atoms with Gasteiger partial charge in [0.1, 0.15) is 0 Å². The number of rotatable bonds is 12. The highest BCUT2D eigenvalue weighted by Gasteiger charge is 2.44. The minimum Gasteiger partial charge on any atom is -0.481 e. The molecular weight excluding hydrogens is 308 g/mol. The molecule has 132 valence electrons. The van der Waals surface area contributed by atoms with Gasteiger partial charge in [-0.1, -0.05) is 13.8 Å². The Balaban J connectivity index is 5.09. The fourth-order valence-corrected chi connectivity index (χ4v) is 2.79. The normalized spacial score (nSPS) is 14.0. The fourth-order valence-electron chi connectivity index (χ4n) is 2.79. The molecule has 0 aromatic heterocycles. The number of hydrogen-bond donors (Lipinski definition) is 4. The van der Waals surface area contributed by atoms with E-state index in [1.165, 1.54) is 13.8 Å². The van der Waals surface area contributed by atoms with Crippen molar-refractivity contribution in [3.63, 3.8) is 0 Å². The second-order valence-electron chi connectivity index (χ2n) is 6.17. The lowest BCUT2D eigenvalue weighted by molar-refractivity contribution is -0.156. The van der Waals surface area contributed by atoms with E-state index in [9.17, 15) is 29.4 Å². The molecule has 8 nitrogen and oxygen atoms in total. The smallest absolute Gasteiger partial charge is 0.307 e. The van der Waals surface area contributed by atoms with Crippen LogP contribution in [0.15, 0.2) is 0 Å². The highest BCUT2D eigenvalue weighted by Crippen LogP contribution is 2.41. The first kappa shape index (κ1) is 20.9. The van der Waals surface area contributed by atoms with Crippen molar-refractivity contribution in [3.05, 3.63) is 0 Å². The fraction of sp³-hybridized carbons (Fsp3) is 0.733. The Bertz CT molecular complexity index is 414. The second-order valence-corrected chi connectivity index (χ2v) is 6.17. The summed E-state index contributed by atoms with van der Waals surface area (Å²) in [5.74, 6) is -6.47. The van der Waals surface area contributed by atoms with Crippen molar-refractivity contribution >= 4 is 23.9 Å². The van der Waals surface area contributed by atoms with E-state index < -0.39 is 41.1 Å². The molecule has 8 heteroatoms. The van der Waals surface area contributed by atoms with Gasteiger partial charge in [-0.3, -0.25) is 19.2 Å². The molecule has 0 saturated heterocycles. The van der Waals surface area contributed by atoms with Gasteiger partial charge in [-0.2, -0.15) is 0 Å². The maximum Gasteiger partial charge on any atom is 0.307 e. The van der Waals surface area contributed by atoms with Gasteiger partial charge < -0.3 is 20.4 Å². The zero-order valence-electron chi connectivity index (χ0n) is 13.3. The zero-order chi connectivity index (χ0) is 18.2. The average Bonchev–Trinajstić information content (AvgIpc) is 2.37. The van der Waals surface area contributed by atoms with Crippen LogP contribution in [0.25, 0.3) is 0 Å². The van der Waals surface area contributed by atoms with E-state index in [0.29, 0.717) is 0 Å². The van der Waals surface area contributed by atoms with E-state index in [1.807, 2.05) is 0 Å². The summed E-state index contributed by atoms with van der Waals surface area (Å²) >= 11 is 0. The van der Waals surface area contributed by atoms with Crippen LogP contribution in [0.2, 0.25) is 0 Å². The van der Waals surface area contributed by atoms with Crippen LogP contribution in [0.3, 0.4) is 0 Å². The van der Waals surface area contributed by atoms with Crippen LogP contribution >= 0.6 is 0 Å². The molecule has 0 aromatic carbocycles. The van der Waals surface area contributed by atoms with Gasteiger partial charge in [0.05, 0.1) is 11.8 Å². The molecule has 0 rings (SSSR count). The lowest BCUT2D eigenvalue weighted by Crippen LogP contribution is -2.41. The van der Waals surface area contributed by atoms with E-state index in [-0.39, 0.29) is 38.5 Å². The Labute approximate surface area is 134 Å². The topological polar surface area (TPSA) is 149 Å². The standard InChI is InChI=1S/C15H24O8/c1-15(2,9(13(20)21)5-3-7-11(16)17)10(14(22)23)6-4-8-12(18)19/h9-10H,3-8H2,1-2H3,(H,16,17)(H,18,19)(H,20,21)(H,22,23). The monoisotopic (exact) mass is 332 g/mol. The van der Waals surface area contributed by atoms with Crippen molar-refractivity contribution in [1.29, 1.82) is 0 Å². The summed E-state index contributed by atoms with van der Waals surface area (Å²) < 4.78 is 0. The van der Waals surface area contributed by atoms with E-state index in [4.69, 9.17) is 10.2 Å². The van der Waals surface area contributed by atoms with Gasteiger partial charge in [0, 0.05) is 12.8 Å². The van der Waals surface area contributed by atoms with E-state index in [1.54, 1.807) is 0 Å². The predicted octanol–water partition coefficient (Wildman–Crippen LogP) is 1.92. The summed E-state index contributed by atoms with van der Waals surface area (Å²) in [5.41, 5.74) is -1.13. The van der Waals surface area contributed by atoms with E-state index in [0.717, 1.165) is 0 Å². The largest absolute Gasteiger partial charge is 0.481 e. The van der Waals surface area contributed by atoms with Crippen LogP contribution < -0.4 is 0 Å². The molecule has 0 fully saturated rings. The molecular formula is C15H24O8. The molecule has 0 aliphatic carbocycles. The van der Waals surface area contributed by atoms with Gasteiger partial charge in [0.25, 0.3) is 0 Å². The minimum absolute atomic E-state index is 0.0529. The van der Waals surface area contributed by atoms with Crippen molar-refractivity contribution in [3.8, 4) is 0 Å². The third-order valence-corrected chi connectivity index (χ3v) is 4.16. The summed E-state index contributed by atoms with van der Waals surface area (Å²) in [7, 11) is 0. The summed E-state index contributed by atoms with van der Waals surface area (Å²) in [5, 5.41) is 36.0. The number of carboxylic acids is 4. The molecule has 0 spiro atoms. The van der Waals surface area contributed by atoms with E-state index in [2.05, 4.69) is 0 Å². The first-order valence-electron chi connectivity index (χ1n) is 7.39. The van der Waals surface area contributed by atoms with Crippen molar-refractivity contribution in [2.75, 3.05) is 0 Å². The number of carbonyl (C=O) groups is 4. The van der Waals surface area contributed by atoms with Crippen LogP contribution in [0.5, 0.6) is 0 Å². The Morgan fingerprint density at radius 2 is 1.04 bits per heavy atom. The van der Waals surface area contributed by atoms with Crippen molar-refractivity contribution in [2.45, 2.75) is 52.4 Å². The number of carboxylic acid groups (broad SMARTS) is 4. The van der Waals surface area contributed by atoms with Crippen LogP contribution in [-0.2, 0) is 19.2 Å². The van der Waals surface area contributed by atoms with Crippen LogP contribution in [0, 0.1) is 17.3 Å². The lowest BCUT2D eigenvalue weighted by Gasteiger charge is -2.37. The molecule has 0 bridgehead atoms. The maximum absolute atomic E-state index is 11.5. The van der Waals surface area contributed by atoms with Gasteiger partial charge >= 0.3 is 23.9 Å². The predicted molar refractivity (Wildman–Crippen MR) is 79.0 cm³/mol. The summed E-state index contributed by atoms with van der Waals surface area (Å²) in [6.45, 7) is 3.04. The van der Waals surface area contributed by atoms with Gasteiger partial charge in [-0.25, -0.2) is 0 Å². The second kappa shape index (κ2) is 9.12. The SMILES string of the molecule is CC(C)(C(CCCC(=O)O)C(=O)O)C(CCCC(=O)O)C(=O)O. The molecule has 2 atom stereocenters. The number of hydrogen-bond acceptors (Lipinski definition) is 4. The molecule has 4 N–H and O–H groups in total. The zero-order valence-corrected chi connectivity index (χ0v) is 13.3. The van der Waals surface area contributed by atoms with Crippen LogP contribution in [0.4, 0.5) is 0 Å². The third kappa shape index (κ3) is 7.12. The first-order chi connectivity index (χ1) is 10.5. The third-order valence-electron chi connectivity index (χ3n) is 4.16. The molecule has 2 unspecified atom stereocenters. The van der Waals surface area contributed by atoms with Gasteiger partial charge in [0.2, 0.25) is 0 Å². The van der Waals surface area contributed by atoms with Crippen molar-refractivity contribution in [2.24, 2.45) is 17.3 Å². The van der Waals surface area contributed by atoms with Gasteiger partial charge in [0.15, 0.2) is 0 Å². The summed E-state index contributed by atoms with van der Waals surface area (Å²) in [6, 6.07) is 0. The highest BCUT2D eigenvalue weighted by molar-refractivity contribution is 5.76. The summed E-state index contributed by atoms with van der Waals surface area (Å²) in [4.78, 5) is 44.1.